The van der Waals surface area contributed by atoms with Gasteiger partial charge in [0.25, 0.3) is 0 Å². The Bertz CT molecular complexity index is 2240. The van der Waals surface area contributed by atoms with E-state index >= 15 is 0 Å². The van der Waals surface area contributed by atoms with Crippen LogP contribution < -0.4 is 0 Å². The minimum Gasteiger partial charge on any atom is -0.455 e. The molecule has 4 aromatic heterocycles. The summed E-state index contributed by atoms with van der Waals surface area (Å²) in [5.74, 6) is 0. The lowest BCUT2D eigenvalue weighted by molar-refractivity contribution is 0.673. The van der Waals surface area contributed by atoms with Gasteiger partial charge in [-0.25, -0.2) is 0 Å². The molecule has 3 nitrogen and oxygen atoms in total. The van der Waals surface area contributed by atoms with Gasteiger partial charge in [0, 0.05) is 43.4 Å². The molecule has 9 aromatic rings. The maximum absolute atomic E-state index is 6.49. The van der Waals surface area contributed by atoms with E-state index in [1.54, 1.807) is 0 Å². The molecule has 0 bridgehead atoms. The van der Waals surface area contributed by atoms with E-state index in [1.807, 2.05) is 6.07 Å². The van der Waals surface area contributed by atoms with Crippen LogP contribution in [0.25, 0.3) is 81.8 Å². The monoisotopic (exact) mass is 420 g/mol. The van der Waals surface area contributed by atoms with Crippen LogP contribution in [0.15, 0.2) is 95.4 Å². The Balaban J connectivity index is 1.72. The summed E-state index contributed by atoms with van der Waals surface area (Å²) in [4.78, 5) is 3.65. The third-order valence-electron chi connectivity index (χ3n) is 7.45. The van der Waals surface area contributed by atoms with Gasteiger partial charge in [0.2, 0.25) is 0 Å². The number of fused-ring (bicyclic) bond motifs is 9. The third kappa shape index (κ3) is 1.74. The molecule has 0 aliphatic carbocycles. The Morgan fingerprint density at radius 2 is 1.24 bits per heavy atom. The summed E-state index contributed by atoms with van der Waals surface area (Å²) in [5.41, 5.74) is 7.89. The van der Waals surface area contributed by atoms with E-state index in [2.05, 4.69) is 94.3 Å². The molecular formula is C30H16N2O. The number of hydrogen-bond acceptors (Lipinski definition) is 1. The van der Waals surface area contributed by atoms with Crippen LogP contribution in [0, 0.1) is 0 Å². The molecule has 0 spiro atoms. The molecule has 0 fully saturated rings. The molecule has 4 heterocycles. The van der Waals surface area contributed by atoms with E-state index in [4.69, 9.17) is 4.42 Å². The van der Waals surface area contributed by atoms with Gasteiger partial charge in [-0.05, 0) is 41.8 Å². The molecule has 0 amide bonds. The molecule has 9 rings (SSSR count). The minimum atomic E-state index is 0.934. The first kappa shape index (κ1) is 16.2. The van der Waals surface area contributed by atoms with Crippen LogP contribution in [0.2, 0.25) is 0 Å². The Morgan fingerprint density at radius 1 is 0.515 bits per heavy atom. The predicted molar refractivity (Wildman–Crippen MR) is 138 cm³/mol. The van der Waals surface area contributed by atoms with Crippen LogP contribution in [-0.4, -0.2) is 9.38 Å². The first-order chi connectivity index (χ1) is 16.4. The second kappa shape index (κ2) is 5.28. The lowest BCUT2D eigenvalue weighted by atomic mass is 10.0. The van der Waals surface area contributed by atoms with Gasteiger partial charge < -0.3 is 13.8 Å². The van der Waals surface area contributed by atoms with E-state index in [9.17, 15) is 0 Å². The molecule has 0 aliphatic rings. The summed E-state index contributed by atoms with van der Waals surface area (Å²) < 4.78 is 8.94. The smallest absolute Gasteiger partial charge is 0.145 e. The third-order valence-corrected chi connectivity index (χ3v) is 7.45. The topological polar surface area (TPSA) is 33.3 Å². The number of aromatic nitrogens is 2. The van der Waals surface area contributed by atoms with Gasteiger partial charge in [0.05, 0.1) is 21.9 Å². The van der Waals surface area contributed by atoms with Crippen molar-refractivity contribution >= 4 is 81.8 Å². The van der Waals surface area contributed by atoms with Crippen LogP contribution in [-0.2, 0) is 0 Å². The van der Waals surface area contributed by atoms with Crippen molar-refractivity contribution in [2.24, 2.45) is 0 Å². The highest BCUT2D eigenvalue weighted by atomic mass is 16.3. The molecule has 0 saturated carbocycles. The van der Waals surface area contributed by atoms with E-state index < -0.39 is 0 Å². The standard InChI is InChI=1S/C30H16N2O/c1-2-13-25-16(6-1)19-14-15-24-27(30(19)33-25)20-9-3-8-18-17-7-4-10-21-26(17)28-22(31-21)11-5-12-23(28)32(24)29(18)20/h1-15,31H. The van der Waals surface area contributed by atoms with Gasteiger partial charge in [0.1, 0.15) is 11.2 Å². The van der Waals surface area contributed by atoms with Crippen molar-refractivity contribution in [1.82, 2.24) is 9.38 Å². The zero-order valence-corrected chi connectivity index (χ0v) is 17.5. The van der Waals surface area contributed by atoms with E-state index in [1.165, 1.54) is 70.7 Å². The van der Waals surface area contributed by atoms with E-state index in [-0.39, 0.29) is 0 Å². The molecule has 0 atom stereocenters. The quantitative estimate of drug-likeness (QED) is 0.263. The number of hydrogen-bond donors (Lipinski definition) is 1. The van der Waals surface area contributed by atoms with Crippen molar-refractivity contribution in [3.05, 3.63) is 91.0 Å². The molecule has 0 radical (unpaired) electrons. The second-order valence-corrected chi connectivity index (χ2v) is 9.02. The van der Waals surface area contributed by atoms with Crippen molar-refractivity contribution in [3.8, 4) is 0 Å². The highest BCUT2D eigenvalue weighted by Crippen LogP contribution is 2.44. The molecule has 1 N–H and O–H groups in total. The SMILES string of the molecule is c1ccc2c(c1)oc1c2ccc2c1c1cccc3c4cccc5[nH]c6cccc(c6c54)n2c31. The number of furan rings is 1. The van der Waals surface area contributed by atoms with E-state index in [0.29, 0.717) is 0 Å². The molecule has 3 heteroatoms. The molecular weight excluding hydrogens is 404 g/mol. The Labute approximate surface area is 186 Å². The first-order valence-electron chi connectivity index (χ1n) is 11.3. The number of para-hydroxylation sites is 2. The van der Waals surface area contributed by atoms with Gasteiger partial charge in [0.15, 0.2) is 0 Å². The van der Waals surface area contributed by atoms with Crippen LogP contribution in [0.3, 0.4) is 0 Å². The molecule has 152 valence electrons. The lowest BCUT2D eigenvalue weighted by Crippen LogP contribution is -1.84. The summed E-state index contributed by atoms with van der Waals surface area (Å²) in [5, 5.41) is 9.87. The van der Waals surface area contributed by atoms with Gasteiger partial charge in [-0.3, -0.25) is 0 Å². The highest BCUT2D eigenvalue weighted by Gasteiger charge is 2.21. The summed E-state index contributed by atoms with van der Waals surface area (Å²) >= 11 is 0. The average molecular weight is 420 g/mol. The van der Waals surface area contributed by atoms with Crippen molar-refractivity contribution in [2.75, 3.05) is 0 Å². The summed E-state index contributed by atoms with van der Waals surface area (Å²) in [6.45, 7) is 0. The zero-order valence-electron chi connectivity index (χ0n) is 17.5. The molecule has 0 aliphatic heterocycles. The first-order valence-corrected chi connectivity index (χ1v) is 11.3. The largest absolute Gasteiger partial charge is 0.455 e. The number of rotatable bonds is 0. The molecule has 5 aromatic carbocycles. The summed E-state index contributed by atoms with van der Waals surface area (Å²) in [6.07, 6.45) is 0. The van der Waals surface area contributed by atoms with Crippen LogP contribution >= 0.6 is 0 Å². The Hall–Kier alpha value is -4.50. The number of benzene rings is 5. The number of nitrogens with one attached hydrogen (secondary N) is 1. The van der Waals surface area contributed by atoms with Crippen molar-refractivity contribution in [2.45, 2.75) is 0 Å². The number of H-pyrrole nitrogens is 1. The normalized spacial score (nSPS) is 12.8. The van der Waals surface area contributed by atoms with Gasteiger partial charge in [-0.2, -0.15) is 0 Å². The lowest BCUT2D eigenvalue weighted by Gasteiger charge is -2.01. The van der Waals surface area contributed by atoms with Crippen molar-refractivity contribution in [1.29, 1.82) is 0 Å². The average Bonchev–Trinajstić information content (AvgIpc) is 3.49. The van der Waals surface area contributed by atoms with Crippen LogP contribution in [0.5, 0.6) is 0 Å². The van der Waals surface area contributed by atoms with Crippen LogP contribution in [0.1, 0.15) is 0 Å². The van der Waals surface area contributed by atoms with Gasteiger partial charge in [-0.15, -0.1) is 0 Å². The second-order valence-electron chi connectivity index (χ2n) is 9.02. The highest BCUT2D eigenvalue weighted by molar-refractivity contribution is 6.33. The zero-order chi connectivity index (χ0) is 21.3. The van der Waals surface area contributed by atoms with Gasteiger partial charge in [-0.1, -0.05) is 54.6 Å². The van der Waals surface area contributed by atoms with E-state index in [0.717, 1.165) is 11.2 Å². The van der Waals surface area contributed by atoms with Crippen molar-refractivity contribution < 1.29 is 4.42 Å². The fourth-order valence-electron chi connectivity index (χ4n) is 6.19. The van der Waals surface area contributed by atoms with Crippen LogP contribution in [0.4, 0.5) is 0 Å². The van der Waals surface area contributed by atoms with Gasteiger partial charge >= 0.3 is 0 Å². The maximum Gasteiger partial charge on any atom is 0.145 e. The maximum atomic E-state index is 6.49. The Kier molecular flexibility index (Phi) is 2.59. The fraction of sp³-hybridized carbons (Fsp3) is 0. The Morgan fingerprint density at radius 3 is 2.21 bits per heavy atom. The predicted octanol–water partition coefficient (Wildman–Crippen LogP) is 8.37. The number of aromatic amines is 1. The summed E-state index contributed by atoms with van der Waals surface area (Å²) in [7, 11) is 0. The number of nitrogens with zero attached hydrogens (tertiary/aromatic N) is 1. The molecule has 0 saturated heterocycles. The summed E-state index contributed by atoms with van der Waals surface area (Å²) in [6, 6.07) is 32.7. The fourth-order valence-corrected chi connectivity index (χ4v) is 6.19. The molecule has 0 unspecified atom stereocenters. The van der Waals surface area contributed by atoms with Crippen molar-refractivity contribution in [3.63, 3.8) is 0 Å². The molecule has 33 heavy (non-hydrogen) atoms. The minimum absolute atomic E-state index is 0.934.